The minimum absolute atomic E-state index is 0.193. The van der Waals surface area contributed by atoms with E-state index in [0.29, 0.717) is 22.3 Å². The van der Waals surface area contributed by atoms with Crippen molar-refractivity contribution in [3.63, 3.8) is 0 Å². The molecule has 0 amide bonds. The van der Waals surface area contributed by atoms with Crippen LogP contribution in [-0.2, 0) is 0 Å². The number of benzene rings is 2. The molecule has 0 saturated heterocycles. The number of H-pyrrole nitrogens is 1. The summed E-state index contributed by atoms with van der Waals surface area (Å²) in [5.41, 5.74) is 6.65. The summed E-state index contributed by atoms with van der Waals surface area (Å²) in [7, 11) is 0. The van der Waals surface area contributed by atoms with Gasteiger partial charge in [-0.2, -0.15) is 0 Å². The van der Waals surface area contributed by atoms with E-state index < -0.39 is 5.82 Å². The fourth-order valence-electron chi connectivity index (χ4n) is 1.98. The second-order valence-electron chi connectivity index (χ2n) is 4.47. The predicted molar refractivity (Wildman–Crippen MR) is 81.5 cm³/mol. The highest BCUT2D eigenvalue weighted by Crippen LogP contribution is 2.21. The second-order valence-corrected chi connectivity index (χ2v) is 4.91. The molecule has 0 aliphatic heterocycles. The van der Waals surface area contributed by atoms with Crippen molar-refractivity contribution in [2.24, 2.45) is 0 Å². The first-order valence-electron chi connectivity index (χ1n) is 6.04. The van der Waals surface area contributed by atoms with E-state index in [2.05, 4.69) is 15.3 Å². The summed E-state index contributed by atoms with van der Waals surface area (Å²) in [4.78, 5) is 18.8. The van der Waals surface area contributed by atoms with Gasteiger partial charge in [-0.3, -0.25) is 9.78 Å². The van der Waals surface area contributed by atoms with Crippen molar-refractivity contribution in [1.29, 1.82) is 0 Å². The van der Waals surface area contributed by atoms with Gasteiger partial charge in [-0.1, -0.05) is 11.6 Å². The van der Waals surface area contributed by atoms with Gasteiger partial charge in [-0.15, -0.1) is 0 Å². The molecule has 0 unspecified atom stereocenters. The maximum Gasteiger partial charge on any atom is 0.260 e. The summed E-state index contributed by atoms with van der Waals surface area (Å²) in [6, 6.07) is 8.80. The molecule has 3 rings (SSSR count). The Kier molecular flexibility index (Phi) is 3.23. The first-order chi connectivity index (χ1) is 10.0. The molecule has 0 bridgehead atoms. The lowest BCUT2D eigenvalue weighted by atomic mass is 10.2. The summed E-state index contributed by atoms with van der Waals surface area (Å²) in [5.74, 6) is -0.292. The maximum absolute atomic E-state index is 13.3. The zero-order valence-electron chi connectivity index (χ0n) is 10.7. The number of aromatic nitrogens is 2. The predicted octanol–water partition coefficient (Wildman–Crippen LogP) is 3.04. The van der Waals surface area contributed by atoms with Crippen molar-refractivity contribution < 1.29 is 4.39 Å². The minimum atomic E-state index is -0.485. The molecule has 0 aliphatic carbocycles. The Balaban J connectivity index is 2.05. The maximum atomic E-state index is 13.3. The molecule has 0 spiro atoms. The van der Waals surface area contributed by atoms with E-state index in [-0.39, 0.29) is 16.5 Å². The topological polar surface area (TPSA) is 83.8 Å². The fourth-order valence-corrected chi connectivity index (χ4v) is 2.20. The van der Waals surface area contributed by atoms with Gasteiger partial charge in [0, 0.05) is 16.4 Å². The SMILES string of the molecule is Nc1ccc2nc(Nc3cc(F)cc(Cl)c3)[nH]c(=O)c2c1. The van der Waals surface area contributed by atoms with Gasteiger partial charge in [0.25, 0.3) is 5.56 Å². The molecule has 5 nitrogen and oxygen atoms in total. The molecule has 1 heterocycles. The van der Waals surface area contributed by atoms with Crippen LogP contribution < -0.4 is 16.6 Å². The highest BCUT2D eigenvalue weighted by Gasteiger charge is 2.06. The largest absolute Gasteiger partial charge is 0.399 e. The molecule has 1 aromatic heterocycles. The van der Waals surface area contributed by atoms with Crippen LogP contribution in [-0.4, -0.2) is 9.97 Å². The van der Waals surface area contributed by atoms with Crippen LogP contribution in [0.25, 0.3) is 10.9 Å². The average molecular weight is 305 g/mol. The summed E-state index contributed by atoms with van der Waals surface area (Å²) < 4.78 is 13.3. The van der Waals surface area contributed by atoms with E-state index >= 15 is 0 Å². The van der Waals surface area contributed by atoms with Crippen molar-refractivity contribution in [2.75, 3.05) is 11.1 Å². The third-order valence-electron chi connectivity index (χ3n) is 2.85. The fraction of sp³-hybridized carbons (Fsp3) is 0. The number of nitrogen functional groups attached to an aromatic ring is 1. The number of hydrogen-bond donors (Lipinski definition) is 3. The Hall–Kier alpha value is -2.60. The highest BCUT2D eigenvalue weighted by molar-refractivity contribution is 6.30. The van der Waals surface area contributed by atoms with Crippen molar-refractivity contribution in [3.05, 3.63) is 57.6 Å². The Bertz CT molecular complexity index is 874. The third kappa shape index (κ3) is 2.80. The lowest BCUT2D eigenvalue weighted by molar-refractivity contribution is 0.628. The third-order valence-corrected chi connectivity index (χ3v) is 3.07. The zero-order valence-corrected chi connectivity index (χ0v) is 11.4. The van der Waals surface area contributed by atoms with Crippen molar-refractivity contribution in [1.82, 2.24) is 9.97 Å². The molecular formula is C14H10ClFN4O. The highest BCUT2D eigenvalue weighted by atomic mass is 35.5. The molecule has 4 N–H and O–H groups in total. The number of halogens is 2. The standard InChI is InChI=1S/C14H10ClFN4O/c15-7-3-8(16)5-10(4-7)18-14-19-12-2-1-9(17)6-11(12)13(21)20-14/h1-6H,17H2,(H2,18,19,20,21). The summed E-state index contributed by atoms with van der Waals surface area (Å²) in [5, 5.41) is 3.44. The molecule has 0 aliphatic rings. The molecule has 106 valence electrons. The van der Waals surface area contributed by atoms with Crippen LogP contribution in [0.4, 0.5) is 21.7 Å². The molecule has 2 aromatic carbocycles. The van der Waals surface area contributed by atoms with Crippen molar-refractivity contribution in [2.45, 2.75) is 0 Å². The van der Waals surface area contributed by atoms with Gasteiger partial charge in [0.15, 0.2) is 0 Å². The molecule has 0 atom stereocenters. The Morgan fingerprint density at radius 1 is 1.24 bits per heavy atom. The summed E-state index contributed by atoms with van der Waals surface area (Å²) in [6.45, 7) is 0. The Morgan fingerprint density at radius 2 is 2.05 bits per heavy atom. The number of anilines is 3. The molecule has 7 heteroatoms. The van der Waals surface area contributed by atoms with Gasteiger partial charge in [0.2, 0.25) is 5.95 Å². The number of aromatic amines is 1. The average Bonchev–Trinajstić information content (AvgIpc) is 2.38. The van der Waals surface area contributed by atoms with Crippen molar-refractivity contribution >= 4 is 39.8 Å². The first kappa shape index (κ1) is 13.4. The van der Waals surface area contributed by atoms with Gasteiger partial charge >= 0.3 is 0 Å². The van der Waals surface area contributed by atoms with E-state index in [1.165, 1.54) is 18.2 Å². The van der Waals surface area contributed by atoms with E-state index in [1.807, 2.05) is 0 Å². The molecule has 0 fully saturated rings. The van der Waals surface area contributed by atoms with Gasteiger partial charge in [0.1, 0.15) is 5.82 Å². The summed E-state index contributed by atoms with van der Waals surface area (Å²) in [6.07, 6.45) is 0. The molecule has 0 saturated carbocycles. The number of hydrogen-bond acceptors (Lipinski definition) is 4. The lowest BCUT2D eigenvalue weighted by Crippen LogP contribution is -2.11. The number of nitrogens with one attached hydrogen (secondary N) is 2. The first-order valence-corrected chi connectivity index (χ1v) is 6.42. The minimum Gasteiger partial charge on any atom is -0.399 e. The Morgan fingerprint density at radius 3 is 2.81 bits per heavy atom. The van der Waals surface area contributed by atoms with Gasteiger partial charge in [-0.05, 0) is 36.4 Å². The van der Waals surface area contributed by atoms with Crippen LogP contribution in [0, 0.1) is 5.82 Å². The van der Waals surface area contributed by atoms with Gasteiger partial charge < -0.3 is 11.1 Å². The van der Waals surface area contributed by atoms with E-state index in [0.717, 1.165) is 0 Å². The summed E-state index contributed by atoms with van der Waals surface area (Å²) >= 11 is 5.77. The van der Waals surface area contributed by atoms with Crippen LogP contribution in [0.15, 0.2) is 41.2 Å². The smallest absolute Gasteiger partial charge is 0.260 e. The number of nitrogens with zero attached hydrogens (tertiary/aromatic N) is 1. The van der Waals surface area contributed by atoms with E-state index in [9.17, 15) is 9.18 Å². The van der Waals surface area contributed by atoms with Crippen LogP contribution in [0.1, 0.15) is 0 Å². The lowest BCUT2D eigenvalue weighted by Gasteiger charge is -2.07. The molecular weight excluding hydrogens is 295 g/mol. The molecule has 21 heavy (non-hydrogen) atoms. The van der Waals surface area contributed by atoms with Gasteiger partial charge in [-0.25, -0.2) is 9.37 Å². The normalized spacial score (nSPS) is 10.8. The monoisotopic (exact) mass is 304 g/mol. The molecule has 3 aromatic rings. The Labute approximate surface area is 123 Å². The van der Waals surface area contributed by atoms with Crippen LogP contribution in [0.2, 0.25) is 5.02 Å². The van der Waals surface area contributed by atoms with Crippen LogP contribution >= 0.6 is 11.6 Å². The zero-order chi connectivity index (χ0) is 15.0. The van der Waals surface area contributed by atoms with Crippen LogP contribution in [0.5, 0.6) is 0 Å². The number of rotatable bonds is 2. The van der Waals surface area contributed by atoms with Crippen molar-refractivity contribution in [3.8, 4) is 0 Å². The van der Waals surface area contributed by atoms with E-state index in [1.54, 1.807) is 18.2 Å². The quantitative estimate of drug-likeness (QED) is 0.635. The molecule has 0 radical (unpaired) electrons. The van der Waals surface area contributed by atoms with Gasteiger partial charge in [0.05, 0.1) is 10.9 Å². The number of nitrogens with two attached hydrogens (primary N) is 1. The van der Waals surface area contributed by atoms with Crippen LogP contribution in [0.3, 0.4) is 0 Å². The van der Waals surface area contributed by atoms with E-state index in [4.69, 9.17) is 17.3 Å². The number of fused-ring (bicyclic) bond motifs is 1. The second kappa shape index (κ2) is 5.06.